The third-order valence-electron chi connectivity index (χ3n) is 1.21. The summed E-state index contributed by atoms with van der Waals surface area (Å²) in [6.45, 7) is 6.57. The second kappa shape index (κ2) is 6.52. The average Bonchev–Trinajstić information content (AvgIpc) is 2.01. The Labute approximate surface area is 81.9 Å². The molecule has 0 saturated carbocycles. The lowest BCUT2D eigenvalue weighted by atomic mass is 10.2. The highest BCUT2D eigenvalue weighted by atomic mass is 28.3. The van der Waals surface area contributed by atoms with E-state index >= 15 is 0 Å². The van der Waals surface area contributed by atoms with Crippen molar-refractivity contribution in [3.05, 3.63) is 0 Å². The summed E-state index contributed by atoms with van der Waals surface area (Å²) < 4.78 is 0. The molecule has 0 unspecified atom stereocenters. The molecule has 0 aromatic carbocycles. The van der Waals surface area contributed by atoms with E-state index < -0.39 is 8.07 Å². The highest BCUT2D eigenvalue weighted by Gasteiger charge is 2.06. The van der Waals surface area contributed by atoms with Gasteiger partial charge in [0, 0.05) is 12.8 Å². The van der Waals surface area contributed by atoms with Gasteiger partial charge in [0.05, 0.1) is 0 Å². The van der Waals surface area contributed by atoms with E-state index in [-0.39, 0.29) is 0 Å². The fourth-order valence-electron chi connectivity index (χ4n) is 0.599. The van der Waals surface area contributed by atoms with Gasteiger partial charge in [0.2, 0.25) is 0 Å². The maximum absolute atomic E-state index is 9.95. The van der Waals surface area contributed by atoms with Gasteiger partial charge in [-0.15, -0.1) is 5.54 Å². The fourth-order valence-corrected chi connectivity index (χ4v) is 1.04. The molecule has 0 aliphatic rings. The molecule has 13 heavy (non-hydrogen) atoms. The zero-order chi connectivity index (χ0) is 10.2. The summed E-state index contributed by atoms with van der Waals surface area (Å²) in [5, 5.41) is 0. The van der Waals surface area contributed by atoms with E-state index in [4.69, 9.17) is 0 Å². The molecule has 0 rings (SSSR count). The lowest BCUT2D eigenvalue weighted by molar-refractivity contribution is -0.107. The normalized spacial score (nSPS) is 9.15. The van der Waals surface area contributed by atoms with Crippen LogP contribution in [0.15, 0.2) is 0 Å². The van der Waals surface area contributed by atoms with Crippen LogP contribution >= 0.6 is 0 Å². The average molecular weight is 192 g/mol. The minimum Gasteiger partial charge on any atom is -0.303 e. The van der Waals surface area contributed by atoms with E-state index in [9.17, 15) is 4.79 Å². The number of unbranched alkanes of at least 4 members (excludes halogenated alkanes) is 2. The summed E-state index contributed by atoms with van der Waals surface area (Å²) in [5.74, 6) is 8.61. The highest BCUT2D eigenvalue weighted by molar-refractivity contribution is 6.83. The first-order valence-corrected chi connectivity index (χ1v) is 8.00. The molecule has 1 nitrogen and oxygen atoms in total. The predicted octanol–water partition coefficient (Wildman–Crippen LogP) is 2.24. The molecule has 0 fully saturated rings. The van der Waals surface area contributed by atoms with Crippen LogP contribution in [-0.4, -0.2) is 14.4 Å². The van der Waals surface area contributed by atoms with E-state index in [1.165, 1.54) is 0 Å². The molecule has 0 heterocycles. The number of carbonyl (C=O) groups excluding carboxylic acids is 1. The molecule has 0 spiro atoms. The Bertz CT molecular complexity index is 264. The highest BCUT2D eigenvalue weighted by Crippen LogP contribution is 1.95. The Morgan fingerprint density at radius 2 is 1.92 bits per heavy atom. The predicted molar refractivity (Wildman–Crippen MR) is 58.8 cm³/mol. The summed E-state index contributed by atoms with van der Waals surface area (Å²) in [6.07, 6.45) is 3.16. The van der Waals surface area contributed by atoms with Gasteiger partial charge in [-0.2, -0.15) is 0 Å². The maximum Gasteiger partial charge on any atom is 0.130 e. The van der Waals surface area contributed by atoms with E-state index in [0.29, 0.717) is 6.42 Å². The third kappa shape index (κ3) is 11.0. The van der Waals surface area contributed by atoms with Gasteiger partial charge in [-0.25, -0.2) is 0 Å². The van der Waals surface area contributed by atoms with Crippen molar-refractivity contribution in [3.8, 4) is 23.3 Å². The Hall–Kier alpha value is -0.993. The summed E-state index contributed by atoms with van der Waals surface area (Å²) in [6, 6.07) is 0. The summed E-state index contributed by atoms with van der Waals surface area (Å²) in [5.41, 5.74) is 3.16. The second-order valence-electron chi connectivity index (χ2n) is 3.86. The number of carbonyl (C=O) groups is 1. The molecule has 0 aromatic heterocycles. The van der Waals surface area contributed by atoms with Crippen molar-refractivity contribution in [1.29, 1.82) is 0 Å². The largest absolute Gasteiger partial charge is 0.303 e. The van der Waals surface area contributed by atoms with Crippen LogP contribution in [0.1, 0.15) is 19.3 Å². The first-order valence-electron chi connectivity index (χ1n) is 4.50. The standard InChI is InChI=1S/C11H16OSi/c1-13(2,3)11-9-7-5-4-6-8-10-12/h10H,4,6,8H2,1-3H3. The molecule has 0 aliphatic carbocycles. The van der Waals surface area contributed by atoms with Gasteiger partial charge in [0.1, 0.15) is 14.4 Å². The quantitative estimate of drug-likeness (QED) is 0.290. The van der Waals surface area contributed by atoms with E-state index in [0.717, 1.165) is 19.1 Å². The minimum atomic E-state index is -1.25. The van der Waals surface area contributed by atoms with E-state index in [2.05, 4.69) is 42.9 Å². The Balaban J connectivity index is 3.71. The molecule has 2 heteroatoms. The Kier molecular flexibility index (Phi) is 6.02. The van der Waals surface area contributed by atoms with E-state index in [1.54, 1.807) is 0 Å². The molecule has 0 atom stereocenters. The van der Waals surface area contributed by atoms with Gasteiger partial charge in [0.25, 0.3) is 0 Å². The lowest BCUT2D eigenvalue weighted by Crippen LogP contribution is -2.16. The van der Waals surface area contributed by atoms with Crippen molar-refractivity contribution in [1.82, 2.24) is 0 Å². The van der Waals surface area contributed by atoms with Crippen molar-refractivity contribution in [2.24, 2.45) is 0 Å². The van der Waals surface area contributed by atoms with Crippen LogP contribution in [0.25, 0.3) is 0 Å². The summed E-state index contributed by atoms with van der Waals surface area (Å²) >= 11 is 0. The molecular formula is C11H16OSi. The maximum atomic E-state index is 9.95. The molecule has 0 aromatic rings. The first-order chi connectivity index (χ1) is 6.06. The van der Waals surface area contributed by atoms with Crippen molar-refractivity contribution in [2.75, 3.05) is 0 Å². The van der Waals surface area contributed by atoms with Gasteiger partial charge in [-0.05, 0) is 18.3 Å². The topological polar surface area (TPSA) is 17.1 Å². The number of hydrogen-bond donors (Lipinski definition) is 0. The molecular weight excluding hydrogens is 176 g/mol. The van der Waals surface area contributed by atoms with Gasteiger partial charge >= 0.3 is 0 Å². The van der Waals surface area contributed by atoms with Crippen LogP contribution < -0.4 is 0 Å². The SMILES string of the molecule is C[Si](C)(C)C#CC#CCCCC=O. The zero-order valence-corrected chi connectivity index (χ0v) is 9.61. The monoisotopic (exact) mass is 192 g/mol. The van der Waals surface area contributed by atoms with Gasteiger partial charge in [0.15, 0.2) is 0 Å². The Morgan fingerprint density at radius 1 is 1.23 bits per heavy atom. The zero-order valence-electron chi connectivity index (χ0n) is 8.61. The van der Waals surface area contributed by atoms with Crippen LogP contribution in [-0.2, 0) is 4.79 Å². The third-order valence-corrected chi connectivity index (χ3v) is 2.09. The molecule has 0 N–H and O–H groups in total. The van der Waals surface area contributed by atoms with Crippen molar-refractivity contribution in [3.63, 3.8) is 0 Å². The van der Waals surface area contributed by atoms with Crippen molar-refractivity contribution >= 4 is 14.4 Å². The smallest absolute Gasteiger partial charge is 0.130 e. The molecule has 0 saturated heterocycles. The van der Waals surface area contributed by atoms with Crippen molar-refractivity contribution in [2.45, 2.75) is 38.9 Å². The first kappa shape index (κ1) is 12.0. The number of aldehydes is 1. The molecule has 70 valence electrons. The fraction of sp³-hybridized carbons (Fsp3) is 0.545. The molecule has 0 radical (unpaired) electrons. The van der Waals surface area contributed by atoms with Crippen molar-refractivity contribution < 1.29 is 4.79 Å². The Morgan fingerprint density at radius 3 is 2.46 bits per heavy atom. The van der Waals surface area contributed by atoms with Crippen LogP contribution in [0.2, 0.25) is 19.6 Å². The van der Waals surface area contributed by atoms with Crippen LogP contribution in [0.5, 0.6) is 0 Å². The second-order valence-corrected chi connectivity index (χ2v) is 8.61. The molecule has 0 aliphatic heterocycles. The van der Waals surface area contributed by atoms with Crippen LogP contribution in [0.3, 0.4) is 0 Å². The number of hydrogen-bond acceptors (Lipinski definition) is 1. The minimum absolute atomic E-state index is 0.607. The molecule has 0 amide bonds. The van der Waals surface area contributed by atoms with E-state index in [1.807, 2.05) is 0 Å². The lowest BCUT2D eigenvalue weighted by Gasteiger charge is -2.01. The van der Waals surface area contributed by atoms with Gasteiger partial charge in [-0.1, -0.05) is 25.6 Å². The molecule has 0 bridgehead atoms. The summed E-state index contributed by atoms with van der Waals surface area (Å²) in [4.78, 5) is 9.95. The summed E-state index contributed by atoms with van der Waals surface area (Å²) in [7, 11) is -1.25. The number of rotatable bonds is 3. The van der Waals surface area contributed by atoms with Crippen LogP contribution in [0, 0.1) is 23.3 Å². The van der Waals surface area contributed by atoms with Crippen LogP contribution in [0.4, 0.5) is 0 Å². The van der Waals surface area contributed by atoms with Gasteiger partial charge in [-0.3, -0.25) is 0 Å². The van der Waals surface area contributed by atoms with Gasteiger partial charge < -0.3 is 4.79 Å².